The summed E-state index contributed by atoms with van der Waals surface area (Å²) in [6, 6.07) is 3.40. The van der Waals surface area contributed by atoms with Gasteiger partial charge in [0.15, 0.2) is 17.3 Å². The van der Waals surface area contributed by atoms with E-state index in [1.165, 1.54) is 0 Å². The lowest BCUT2D eigenvalue weighted by Crippen LogP contribution is -2.19. The van der Waals surface area contributed by atoms with E-state index in [2.05, 4.69) is 0 Å². The van der Waals surface area contributed by atoms with Crippen molar-refractivity contribution in [3.8, 4) is 23.0 Å². The molecule has 0 bridgehead atoms. The van der Waals surface area contributed by atoms with E-state index in [-0.39, 0.29) is 18.3 Å². The third kappa shape index (κ3) is 3.60. The quantitative estimate of drug-likeness (QED) is 0.774. The SMILES string of the molecule is COc1cc(OCC(=O)C2CCCC2)cc(OC)c1OC. The Morgan fingerprint density at radius 1 is 1.05 bits per heavy atom. The van der Waals surface area contributed by atoms with Crippen molar-refractivity contribution in [1.82, 2.24) is 0 Å². The molecule has 1 aliphatic carbocycles. The number of rotatable bonds is 7. The lowest BCUT2D eigenvalue weighted by molar-refractivity contribution is -0.124. The van der Waals surface area contributed by atoms with Gasteiger partial charge in [-0.25, -0.2) is 0 Å². The lowest BCUT2D eigenvalue weighted by Gasteiger charge is -2.15. The third-order valence-corrected chi connectivity index (χ3v) is 3.83. The van der Waals surface area contributed by atoms with Crippen LogP contribution in [0.5, 0.6) is 23.0 Å². The molecule has 2 rings (SSSR count). The smallest absolute Gasteiger partial charge is 0.203 e. The van der Waals surface area contributed by atoms with Gasteiger partial charge in [0.2, 0.25) is 5.75 Å². The molecule has 0 aliphatic heterocycles. The predicted octanol–water partition coefficient (Wildman–Crippen LogP) is 2.85. The Morgan fingerprint density at radius 2 is 1.62 bits per heavy atom. The maximum Gasteiger partial charge on any atom is 0.203 e. The summed E-state index contributed by atoms with van der Waals surface area (Å²) in [6.45, 7) is 0.0866. The molecule has 0 heterocycles. The van der Waals surface area contributed by atoms with Gasteiger partial charge in [-0.2, -0.15) is 0 Å². The van der Waals surface area contributed by atoms with Crippen LogP contribution in [0.3, 0.4) is 0 Å². The van der Waals surface area contributed by atoms with Crippen LogP contribution < -0.4 is 18.9 Å². The van der Waals surface area contributed by atoms with Crippen LogP contribution in [0.1, 0.15) is 25.7 Å². The van der Waals surface area contributed by atoms with Gasteiger partial charge in [-0.1, -0.05) is 12.8 Å². The van der Waals surface area contributed by atoms with Gasteiger partial charge in [-0.15, -0.1) is 0 Å². The summed E-state index contributed by atoms with van der Waals surface area (Å²) >= 11 is 0. The number of ether oxygens (including phenoxy) is 4. The number of carbonyl (C=O) groups excluding carboxylic acids is 1. The molecule has 0 unspecified atom stereocenters. The number of hydrogen-bond donors (Lipinski definition) is 0. The van der Waals surface area contributed by atoms with Crippen molar-refractivity contribution in [1.29, 1.82) is 0 Å². The second-order valence-corrected chi connectivity index (χ2v) is 5.10. The average Bonchev–Trinajstić information content (AvgIpc) is 3.05. The minimum Gasteiger partial charge on any atom is -0.493 e. The van der Waals surface area contributed by atoms with Crippen molar-refractivity contribution in [3.05, 3.63) is 12.1 Å². The first-order valence-corrected chi connectivity index (χ1v) is 7.15. The third-order valence-electron chi connectivity index (χ3n) is 3.83. The molecular weight excluding hydrogens is 272 g/mol. The summed E-state index contributed by atoms with van der Waals surface area (Å²) < 4.78 is 21.4. The van der Waals surface area contributed by atoms with Crippen LogP contribution in [-0.2, 0) is 4.79 Å². The molecule has 0 saturated heterocycles. The summed E-state index contributed by atoms with van der Waals surface area (Å²) in [5.41, 5.74) is 0. The van der Waals surface area contributed by atoms with Crippen LogP contribution in [0.15, 0.2) is 12.1 Å². The average molecular weight is 294 g/mol. The van der Waals surface area contributed by atoms with Crippen molar-refractivity contribution < 1.29 is 23.7 Å². The van der Waals surface area contributed by atoms with Crippen LogP contribution in [0, 0.1) is 5.92 Å². The van der Waals surface area contributed by atoms with Gasteiger partial charge in [0.1, 0.15) is 12.4 Å². The van der Waals surface area contributed by atoms with Crippen molar-refractivity contribution in [2.45, 2.75) is 25.7 Å². The van der Waals surface area contributed by atoms with Crippen LogP contribution in [0.4, 0.5) is 0 Å². The topological polar surface area (TPSA) is 54.0 Å². The summed E-state index contributed by atoms with van der Waals surface area (Å²) in [5, 5.41) is 0. The second-order valence-electron chi connectivity index (χ2n) is 5.10. The van der Waals surface area contributed by atoms with E-state index in [1.54, 1.807) is 33.5 Å². The Kier molecular flexibility index (Phi) is 5.31. The molecule has 1 aromatic carbocycles. The van der Waals surface area contributed by atoms with E-state index in [0.717, 1.165) is 25.7 Å². The zero-order chi connectivity index (χ0) is 15.2. The zero-order valence-corrected chi connectivity index (χ0v) is 12.8. The van der Waals surface area contributed by atoms with Gasteiger partial charge in [0.25, 0.3) is 0 Å². The number of benzene rings is 1. The number of Topliss-reactive ketones (excluding diaryl/α,β-unsaturated/α-hetero) is 1. The Hall–Kier alpha value is -1.91. The molecule has 0 N–H and O–H groups in total. The molecule has 0 spiro atoms. The molecule has 0 aromatic heterocycles. The maximum absolute atomic E-state index is 12.0. The number of hydrogen-bond acceptors (Lipinski definition) is 5. The molecule has 5 heteroatoms. The summed E-state index contributed by atoms with van der Waals surface area (Å²) in [5.74, 6) is 2.40. The minimum absolute atomic E-state index is 0.0866. The molecule has 0 atom stereocenters. The van der Waals surface area contributed by atoms with Crippen molar-refractivity contribution in [3.63, 3.8) is 0 Å². The van der Waals surface area contributed by atoms with E-state index in [0.29, 0.717) is 23.0 Å². The summed E-state index contributed by atoms with van der Waals surface area (Å²) in [6.07, 6.45) is 4.25. The molecular formula is C16H22O5. The second kappa shape index (κ2) is 7.20. The molecule has 116 valence electrons. The normalized spacial score (nSPS) is 14.8. The van der Waals surface area contributed by atoms with Crippen molar-refractivity contribution in [2.24, 2.45) is 5.92 Å². The van der Waals surface area contributed by atoms with Crippen molar-refractivity contribution >= 4 is 5.78 Å². The van der Waals surface area contributed by atoms with Gasteiger partial charge in [0, 0.05) is 18.1 Å². The van der Waals surface area contributed by atoms with Gasteiger partial charge in [-0.3, -0.25) is 4.79 Å². The van der Waals surface area contributed by atoms with Crippen LogP contribution in [-0.4, -0.2) is 33.7 Å². The van der Waals surface area contributed by atoms with Gasteiger partial charge >= 0.3 is 0 Å². The molecule has 1 aromatic rings. The van der Waals surface area contributed by atoms with Crippen LogP contribution >= 0.6 is 0 Å². The fourth-order valence-corrected chi connectivity index (χ4v) is 2.66. The summed E-state index contributed by atoms with van der Waals surface area (Å²) in [7, 11) is 4.64. The summed E-state index contributed by atoms with van der Waals surface area (Å²) in [4.78, 5) is 12.0. The first-order valence-electron chi connectivity index (χ1n) is 7.15. The lowest BCUT2D eigenvalue weighted by atomic mass is 10.0. The molecule has 1 fully saturated rings. The van der Waals surface area contributed by atoms with Gasteiger partial charge in [0.05, 0.1) is 21.3 Å². The number of methoxy groups -OCH3 is 3. The largest absolute Gasteiger partial charge is 0.493 e. The molecule has 1 saturated carbocycles. The Morgan fingerprint density at radius 3 is 2.10 bits per heavy atom. The van der Waals surface area contributed by atoms with E-state index in [4.69, 9.17) is 18.9 Å². The number of ketones is 1. The maximum atomic E-state index is 12.0. The molecule has 21 heavy (non-hydrogen) atoms. The highest BCUT2D eigenvalue weighted by Crippen LogP contribution is 2.40. The first-order chi connectivity index (χ1) is 10.2. The molecule has 0 amide bonds. The highest BCUT2D eigenvalue weighted by molar-refractivity contribution is 5.82. The van der Waals surface area contributed by atoms with Crippen LogP contribution in [0.2, 0.25) is 0 Å². The Labute approximate surface area is 125 Å². The zero-order valence-electron chi connectivity index (χ0n) is 12.8. The number of carbonyl (C=O) groups is 1. The standard InChI is InChI=1S/C16H22O5/c1-18-14-8-12(9-15(19-2)16(14)20-3)21-10-13(17)11-6-4-5-7-11/h8-9,11H,4-7,10H2,1-3H3. The van der Waals surface area contributed by atoms with Gasteiger partial charge < -0.3 is 18.9 Å². The Bertz CT molecular complexity index is 466. The van der Waals surface area contributed by atoms with Crippen molar-refractivity contribution in [2.75, 3.05) is 27.9 Å². The fourth-order valence-electron chi connectivity index (χ4n) is 2.66. The molecule has 1 aliphatic rings. The Balaban J connectivity index is 2.07. The monoisotopic (exact) mass is 294 g/mol. The highest BCUT2D eigenvalue weighted by atomic mass is 16.5. The van der Waals surface area contributed by atoms with Crippen LogP contribution in [0.25, 0.3) is 0 Å². The van der Waals surface area contributed by atoms with E-state index in [1.807, 2.05) is 0 Å². The molecule has 5 nitrogen and oxygen atoms in total. The molecule has 0 radical (unpaired) electrons. The first kappa shape index (κ1) is 15.5. The highest BCUT2D eigenvalue weighted by Gasteiger charge is 2.23. The minimum atomic E-state index is 0.0866. The van der Waals surface area contributed by atoms with Gasteiger partial charge in [-0.05, 0) is 12.8 Å². The van der Waals surface area contributed by atoms with E-state index in [9.17, 15) is 4.79 Å². The predicted molar refractivity (Wildman–Crippen MR) is 78.6 cm³/mol. The van der Waals surface area contributed by atoms with E-state index >= 15 is 0 Å². The van der Waals surface area contributed by atoms with E-state index < -0.39 is 0 Å². The fraction of sp³-hybridized carbons (Fsp3) is 0.562.